The van der Waals surface area contributed by atoms with Gasteiger partial charge in [0.15, 0.2) is 5.11 Å². The maximum Gasteiger partial charge on any atom is 0.253 e. The summed E-state index contributed by atoms with van der Waals surface area (Å²) in [6, 6.07) is 9.68. The van der Waals surface area contributed by atoms with Crippen LogP contribution in [0, 0.1) is 0 Å². The van der Waals surface area contributed by atoms with Gasteiger partial charge in [-0.15, -0.1) is 0 Å². The summed E-state index contributed by atoms with van der Waals surface area (Å²) >= 11 is 44.6. The van der Waals surface area contributed by atoms with Crippen LogP contribution >= 0.6 is 97.8 Å². The number of carbonyl (C=O) groups excluding carboxylic acids is 1. The highest BCUT2D eigenvalue weighted by Crippen LogP contribution is 2.34. The van der Waals surface area contributed by atoms with Crippen LogP contribution in [0.5, 0.6) is 0 Å². The zero-order valence-corrected chi connectivity index (χ0v) is 20.4. The van der Waals surface area contributed by atoms with Gasteiger partial charge in [0, 0.05) is 15.1 Å². The van der Waals surface area contributed by atoms with Crippen LogP contribution in [0.2, 0.25) is 15.1 Å². The molecule has 0 aromatic heterocycles. The summed E-state index contributed by atoms with van der Waals surface area (Å²) < 4.78 is -1.19. The fraction of sp³-hybridized carbons (Fsp3) is 0.125. The number of alkyl halides is 3. The lowest BCUT2D eigenvalue weighted by Gasteiger charge is -2.28. The second kappa shape index (κ2) is 10.2. The molecule has 2 aromatic carbocycles. The molecule has 3 N–H and O–H groups in total. The fourth-order valence-corrected chi connectivity index (χ4v) is 3.84. The number of nitrogens with one attached hydrogen (secondary N) is 3. The summed E-state index contributed by atoms with van der Waals surface area (Å²) in [5.74, 6) is -0.476. The van der Waals surface area contributed by atoms with Crippen molar-refractivity contribution in [3.8, 4) is 0 Å². The minimum absolute atomic E-state index is 0.0111. The average Bonchev–Trinajstić information content (AvgIpc) is 2.56. The van der Waals surface area contributed by atoms with Crippen LogP contribution < -0.4 is 16.0 Å². The van der Waals surface area contributed by atoms with Crippen molar-refractivity contribution in [2.75, 3.05) is 5.32 Å². The maximum atomic E-state index is 12.5. The van der Waals surface area contributed by atoms with Crippen LogP contribution in [0.4, 0.5) is 5.69 Å². The largest absolute Gasteiger partial charge is 0.339 e. The van der Waals surface area contributed by atoms with Crippen molar-refractivity contribution in [3.63, 3.8) is 0 Å². The third-order valence-electron chi connectivity index (χ3n) is 3.21. The van der Waals surface area contributed by atoms with Crippen molar-refractivity contribution in [3.05, 3.63) is 61.5 Å². The number of thiocarbonyl (C=S) groups is 1. The fourth-order valence-electron chi connectivity index (χ4n) is 1.99. The monoisotopic (exact) mass is 581 g/mol. The molecule has 28 heavy (non-hydrogen) atoms. The lowest BCUT2D eigenvalue weighted by Crippen LogP contribution is -2.56. The van der Waals surface area contributed by atoms with Crippen LogP contribution in [-0.2, 0) is 0 Å². The Hall–Kier alpha value is -0.180. The highest BCUT2D eigenvalue weighted by molar-refractivity contribution is 9.10. The molecule has 150 valence electrons. The molecule has 12 heteroatoms. The van der Waals surface area contributed by atoms with Gasteiger partial charge in [-0.1, -0.05) is 91.6 Å². The Morgan fingerprint density at radius 1 is 1.04 bits per heavy atom. The van der Waals surface area contributed by atoms with Gasteiger partial charge in [-0.2, -0.15) is 0 Å². The van der Waals surface area contributed by atoms with E-state index in [0.29, 0.717) is 16.3 Å². The molecular formula is C16H10BrCl6N3OS. The predicted octanol–water partition coefficient (Wildman–Crippen LogP) is 6.82. The van der Waals surface area contributed by atoms with E-state index in [1.807, 2.05) is 0 Å². The van der Waals surface area contributed by atoms with Crippen molar-refractivity contribution >= 4 is 114 Å². The van der Waals surface area contributed by atoms with Crippen molar-refractivity contribution in [2.45, 2.75) is 9.96 Å². The molecule has 0 saturated carbocycles. The number of anilines is 1. The van der Waals surface area contributed by atoms with Crippen molar-refractivity contribution in [1.82, 2.24) is 10.6 Å². The Balaban J connectivity index is 2.14. The smallest absolute Gasteiger partial charge is 0.253 e. The summed E-state index contributed by atoms with van der Waals surface area (Å²) in [6.07, 6.45) is -1.16. The number of halogens is 7. The van der Waals surface area contributed by atoms with E-state index in [-0.39, 0.29) is 15.2 Å². The first kappa shape index (κ1) is 24.1. The van der Waals surface area contributed by atoms with Gasteiger partial charge >= 0.3 is 0 Å². The molecule has 2 rings (SSSR count). The molecule has 1 atom stereocenters. The van der Waals surface area contributed by atoms with Crippen LogP contribution in [0.25, 0.3) is 0 Å². The molecule has 0 fully saturated rings. The zero-order chi connectivity index (χ0) is 21.1. The van der Waals surface area contributed by atoms with E-state index in [9.17, 15) is 4.79 Å². The topological polar surface area (TPSA) is 53.2 Å². The standard InChI is InChI=1S/C16H10BrCl6N3OS/c17-8-3-1-2-7(4-8)13(27)25-14(16(21,22)23)26-15(28)24-12-10(19)5-9(18)6-11(12)20/h1-6,14H,(H,25,27)(H2,24,26,28). The predicted molar refractivity (Wildman–Crippen MR) is 127 cm³/mol. The number of amides is 1. The summed E-state index contributed by atoms with van der Waals surface area (Å²) in [7, 11) is 0. The van der Waals surface area contributed by atoms with Crippen molar-refractivity contribution in [1.29, 1.82) is 0 Å². The van der Waals surface area contributed by atoms with E-state index >= 15 is 0 Å². The molecule has 1 unspecified atom stereocenters. The van der Waals surface area contributed by atoms with E-state index in [1.54, 1.807) is 24.3 Å². The molecule has 4 nitrogen and oxygen atoms in total. The Bertz CT molecular complexity index is 885. The lowest BCUT2D eigenvalue weighted by atomic mass is 10.2. The molecule has 0 radical (unpaired) electrons. The molecule has 0 saturated heterocycles. The zero-order valence-electron chi connectivity index (χ0n) is 13.5. The first-order valence-electron chi connectivity index (χ1n) is 7.32. The Labute approximate surface area is 205 Å². The maximum absolute atomic E-state index is 12.5. The summed E-state index contributed by atoms with van der Waals surface area (Å²) in [4.78, 5) is 12.5. The quantitative estimate of drug-likeness (QED) is 0.210. The highest BCUT2D eigenvalue weighted by atomic mass is 79.9. The molecule has 0 spiro atoms. The number of benzene rings is 2. The van der Waals surface area contributed by atoms with Crippen molar-refractivity contribution in [2.24, 2.45) is 0 Å². The normalized spacial score (nSPS) is 12.2. The van der Waals surface area contributed by atoms with Crippen LogP contribution in [0.15, 0.2) is 40.9 Å². The Morgan fingerprint density at radius 2 is 1.64 bits per heavy atom. The molecule has 2 aromatic rings. The minimum atomic E-state index is -1.92. The van der Waals surface area contributed by atoms with Gasteiger partial charge in [-0.05, 0) is 42.5 Å². The molecule has 0 heterocycles. The van der Waals surface area contributed by atoms with Gasteiger partial charge in [0.1, 0.15) is 6.17 Å². The van der Waals surface area contributed by atoms with E-state index < -0.39 is 15.9 Å². The summed E-state index contributed by atoms with van der Waals surface area (Å²) in [6.45, 7) is 0. The summed E-state index contributed by atoms with van der Waals surface area (Å²) in [5, 5.41) is 8.94. The molecule has 0 aliphatic rings. The Kier molecular flexibility index (Phi) is 8.80. The highest BCUT2D eigenvalue weighted by Gasteiger charge is 2.35. The average molecular weight is 585 g/mol. The van der Waals surface area contributed by atoms with Gasteiger partial charge in [0.25, 0.3) is 5.91 Å². The van der Waals surface area contributed by atoms with Gasteiger partial charge < -0.3 is 16.0 Å². The Morgan fingerprint density at radius 3 is 2.18 bits per heavy atom. The molecule has 0 aliphatic carbocycles. The third kappa shape index (κ3) is 6.96. The third-order valence-corrected chi connectivity index (χ3v) is 5.39. The first-order valence-corrected chi connectivity index (χ1v) is 10.8. The first-order chi connectivity index (χ1) is 13.0. The SMILES string of the molecule is O=C(NC(NC(=S)Nc1c(Cl)cc(Cl)cc1Cl)C(Cl)(Cl)Cl)c1cccc(Br)c1. The van der Waals surface area contributed by atoms with Gasteiger partial charge in [-0.3, -0.25) is 4.79 Å². The minimum Gasteiger partial charge on any atom is -0.339 e. The summed E-state index contributed by atoms with van der Waals surface area (Å²) in [5.41, 5.74) is 0.671. The van der Waals surface area contributed by atoms with E-state index in [2.05, 4.69) is 31.9 Å². The van der Waals surface area contributed by atoms with Crippen LogP contribution in [0.3, 0.4) is 0 Å². The second-order valence-electron chi connectivity index (χ2n) is 5.30. The van der Waals surface area contributed by atoms with E-state index in [1.165, 1.54) is 12.1 Å². The number of rotatable bonds is 4. The van der Waals surface area contributed by atoms with E-state index in [0.717, 1.165) is 4.47 Å². The van der Waals surface area contributed by atoms with Gasteiger partial charge in [0.05, 0.1) is 15.7 Å². The second-order valence-corrected chi connectivity index (χ2v) is 10.2. The van der Waals surface area contributed by atoms with E-state index in [4.69, 9.17) is 81.8 Å². The molecule has 1 amide bonds. The lowest BCUT2D eigenvalue weighted by molar-refractivity contribution is 0.0934. The van der Waals surface area contributed by atoms with Crippen LogP contribution in [0.1, 0.15) is 10.4 Å². The van der Waals surface area contributed by atoms with Gasteiger partial charge in [-0.25, -0.2) is 0 Å². The number of hydrogen-bond donors (Lipinski definition) is 3. The van der Waals surface area contributed by atoms with Crippen molar-refractivity contribution < 1.29 is 4.79 Å². The van der Waals surface area contributed by atoms with Crippen LogP contribution in [-0.4, -0.2) is 21.0 Å². The number of hydrogen-bond acceptors (Lipinski definition) is 2. The number of carbonyl (C=O) groups is 1. The molecule has 0 aliphatic heterocycles. The molecular weight excluding hydrogens is 575 g/mol. The molecule has 0 bridgehead atoms. The van der Waals surface area contributed by atoms with Gasteiger partial charge in [0.2, 0.25) is 3.79 Å².